The highest BCUT2D eigenvalue weighted by Crippen LogP contribution is 2.42. The molecule has 0 radical (unpaired) electrons. The van der Waals surface area contributed by atoms with Gasteiger partial charge in [0, 0.05) is 5.25 Å². The average Bonchev–Trinajstić information content (AvgIpc) is 2.72. The number of amides is 1. The third-order valence-electron chi connectivity index (χ3n) is 2.20. The molecule has 0 saturated heterocycles. The quantitative estimate of drug-likeness (QED) is 0.567. The highest BCUT2D eigenvalue weighted by Gasteiger charge is 2.61. The Bertz CT molecular complexity index is 312. The van der Waals surface area contributed by atoms with Crippen LogP contribution in [0.5, 0.6) is 0 Å². The summed E-state index contributed by atoms with van der Waals surface area (Å²) in [6.45, 7) is 5.26. The minimum Gasteiger partial charge on any atom is -0.467 e. The van der Waals surface area contributed by atoms with Gasteiger partial charge < -0.3 is 14.8 Å². The van der Waals surface area contributed by atoms with E-state index in [0.717, 1.165) is 0 Å². The zero-order valence-corrected chi connectivity index (χ0v) is 10.8. The maximum absolute atomic E-state index is 11.5. The van der Waals surface area contributed by atoms with Crippen LogP contribution < -0.4 is 5.32 Å². The van der Waals surface area contributed by atoms with Gasteiger partial charge in [-0.25, -0.2) is 9.59 Å². The summed E-state index contributed by atoms with van der Waals surface area (Å²) in [6, 6.07) is 0. The first-order valence-electron chi connectivity index (χ1n) is 4.99. The molecular formula is C10H17NO4S. The van der Waals surface area contributed by atoms with E-state index in [1.807, 2.05) is 0 Å². The van der Waals surface area contributed by atoms with Gasteiger partial charge in [0.15, 0.2) is 5.54 Å². The molecule has 0 aromatic rings. The van der Waals surface area contributed by atoms with Crippen LogP contribution in [-0.2, 0) is 14.3 Å². The first-order chi connectivity index (χ1) is 7.21. The number of ether oxygens (including phenoxy) is 2. The third kappa shape index (κ3) is 2.81. The molecule has 1 aliphatic rings. The normalized spacial score (nSPS) is 28.2. The lowest BCUT2D eigenvalue weighted by atomic mass is 10.2. The van der Waals surface area contributed by atoms with E-state index in [-0.39, 0.29) is 5.25 Å². The van der Waals surface area contributed by atoms with Crippen molar-refractivity contribution in [1.82, 2.24) is 5.32 Å². The molecule has 5 nitrogen and oxygen atoms in total. The molecule has 6 heteroatoms. The lowest BCUT2D eigenvalue weighted by molar-refractivity contribution is -0.144. The van der Waals surface area contributed by atoms with Crippen molar-refractivity contribution in [2.24, 2.45) is 0 Å². The standard InChI is InChI=1S/C10H17NO4S/c1-9(2,3)15-8(13)11-10(5-6(10)16)7(12)14-4/h6,16H,5H2,1-4H3,(H,11,13)/t6-,10?/m1/s1. The smallest absolute Gasteiger partial charge is 0.408 e. The fourth-order valence-corrected chi connectivity index (χ4v) is 1.78. The number of nitrogens with one attached hydrogen (secondary N) is 1. The second-order valence-electron chi connectivity index (χ2n) is 4.81. The molecule has 16 heavy (non-hydrogen) atoms. The van der Waals surface area contributed by atoms with Crippen molar-refractivity contribution in [3.63, 3.8) is 0 Å². The predicted octanol–water partition coefficient (Wildman–Crippen LogP) is 1.12. The van der Waals surface area contributed by atoms with Crippen LogP contribution in [0.1, 0.15) is 27.2 Å². The van der Waals surface area contributed by atoms with Gasteiger partial charge in [0.25, 0.3) is 0 Å². The number of methoxy groups -OCH3 is 1. The van der Waals surface area contributed by atoms with Crippen LogP contribution >= 0.6 is 12.6 Å². The summed E-state index contributed by atoms with van der Waals surface area (Å²) in [5.74, 6) is -0.488. The maximum atomic E-state index is 11.5. The van der Waals surface area contributed by atoms with Gasteiger partial charge in [0.1, 0.15) is 5.60 Å². The lowest BCUT2D eigenvalue weighted by Gasteiger charge is -2.22. The summed E-state index contributed by atoms with van der Waals surface area (Å²) >= 11 is 4.17. The van der Waals surface area contributed by atoms with E-state index in [0.29, 0.717) is 6.42 Å². The summed E-state index contributed by atoms with van der Waals surface area (Å²) in [4.78, 5) is 23.0. The van der Waals surface area contributed by atoms with Crippen LogP contribution in [0.25, 0.3) is 0 Å². The molecule has 1 N–H and O–H groups in total. The predicted molar refractivity (Wildman–Crippen MR) is 61.5 cm³/mol. The number of carbonyl (C=O) groups is 2. The number of esters is 1. The molecule has 0 aromatic carbocycles. The van der Waals surface area contributed by atoms with Crippen molar-refractivity contribution < 1.29 is 19.1 Å². The van der Waals surface area contributed by atoms with E-state index in [1.165, 1.54) is 7.11 Å². The van der Waals surface area contributed by atoms with Crippen molar-refractivity contribution in [2.45, 2.75) is 43.6 Å². The summed E-state index contributed by atoms with van der Waals surface area (Å²) < 4.78 is 9.69. The van der Waals surface area contributed by atoms with Gasteiger partial charge in [0.05, 0.1) is 7.11 Å². The van der Waals surface area contributed by atoms with Crippen LogP contribution in [-0.4, -0.2) is 35.6 Å². The second-order valence-corrected chi connectivity index (χ2v) is 5.43. The molecule has 1 unspecified atom stereocenters. The molecule has 1 saturated carbocycles. The molecule has 1 amide bonds. The van der Waals surface area contributed by atoms with Crippen molar-refractivity contribution in [1.29, 1.82) is 0 Å². The summed E-state index contributed by atoms with van der Waals surface area (Å²) in [7, 11) is 1.28. The number of hydrogen-bond donors (Lipinski definition) is 2. The minimum absolute atomic E-state index is 0.215. The van der Waals surface area contributed by atoms with E-state index < -0.39 is 23.2 Å². The first-order valence-corrected chi connectivity index (χ1v) is 5.50. The molecule has 0 bridgehead atoms. The SMILES string of the molecule is COC(=O)C1(NC(=O)OC(C)(C)C)C[C@H]1S. The Morgan fingerprint density at radius 2 is 1.94 bits per heavy atom. The largest absolute Gasteiger partial charge is 0.467 e. The van der Waals surface area contributed by atoms with Gasteiger partial charge in [-0.1, -0.05) is 0 Å². The number of thiol groups is 1. The topological polar surface area (TPSA) is 64.6 Å². The lowest BCUT2D eigenvalue weighted by Crippen LogP contribution is -2.47. The maximum Gasteiger partial charge on any atom is 0.408 e. The van der Waals surface area contributed by atoms with Gasteiger partial charge >= 0.3 is 12.1 Å². The van der Waals surface area contributed by atoms with Gasteiger partial charge in [-0.05, 0) is 27.2 Å². The van der Waals surface area contributed by atoms with E-state index in [4.69, 9.17) is 4.74 Å². The summed E-state index contributed by atoms with van der Waals surface area (Å²) in [5, 5.41) is 2.30. The molecule has 0 aliphatic heterocycles. The van der Waals surface area contributed by atoms with E-state index in [2.05, 4.69) is 22.7 Å². The van der Waals surface area contributed by atoms with Gasteiger partial charge in [-0.2, -0.15) is 12.6 Å². The fourth-order valence-electron chi connectivity index (χ4n) is 1.32. The van der Waals surface area contributed by atoms with Gasteiger partial charge in [0.2, 0.25) is 0 Å². The number of hydrogen-bond acceptors (Lipinski definition) is 5. The zero-order chi connectivity index (χ0) is 12.6. The molecule has 0 spiro atoms. The molecule has 1 aliphatic carbocycles. The number of carbonyl (C=O) groups excluding carboxylic acids is 2. The van der Waals surface area contributed by atoms with Gasteiger partial charge in [-0.3, -0.25) is 0 Å². The molecule has 2 atom stereocenters. The first kappa shape index (κ1) is 13.2. The summed E-state index contributed by atoms with van der Waals surface area (Å²) in [6.07, 6.45) is -0.170. The highest BCUT2D eigenvalue weighted by molar-refractivity contribution is 7.81. The van der Waals surface area contributed by atoms with Crippen molar-refractivity contribution in [3.05, 3.63) is 0 Å². The molecule has 92 valence electrons. The van der Waals surface area contributed by atoms with Crippen molar-refractivity contribution in [3.8, 4) is 0 Å². The molecule has 1 rings (SSSR count). The molecule has 1 fully saturated rings. The zero-order valence-electron chi connectivity index (χ0n) is 9.86. The van der Waals surface area contributed by atoms with Crippen LogP contribution in [0.15, 0.2) is 0 Å². The van der Waals surface area contributed by atoms with Crippen LogP contribution in [0.2, 0.25) is 0 Å². The van der Waals surface area contributed by atoms with Crippen LogP contribution in [0.3, 0.4) is 0 Å². The molecular weight excluding hydrogens is 230 g/mol. The number of rotatable bonds is 2. The Hall–Kier alpha value is -0.910. The van der Waals surface area contributed by atoms with E-state index in [9.17, 15) is 9.59 Å². The second kappa shape index (κ2) is 4.16. The minimum atomic E-state index is -1.01. The average molecular weight is 247 g/mol. The van der Waals surface area contributed by atoms with Crippen molar-refractivity contribution >= 4 is 24.7 Å². The highest BCUT2D eigenvalue weighted by atomic mass is 32.1. The van der Waals surface area contributed by atoms with Crippen LogP contribution in [0, 0.1) is 0 Å². The Morgan fingerprint density at radius 1 is 1.44 bits per heavy atom. The van der Waals surface area contributed by atoms with E-state index >= 15 is 0 Å². The van der Waals surface area contributed by atoms with Crippen LogP contribution in [0.4, 0.5) is 4.79 Å². The Morgan fingerprint density at radius 3 is 2.25 bits per heavy atom. The Labute approximate surface area is 100 Å². The van der Waals surface area contributed by atoms with Gasteiger partial charge in [-0.15, -0.1) is 0 Å². The Kier molecular flexibility index (Phi) is 3.42. The Balaban J connectivity index is 2.59. The monoisotopic (exact) mass is 247 g/mol. The number of alkyl carbamates (subject to hydrolysis) is 1. The molecule has 0 heterocycles. The fraction of sp³-hybridized carbons (Fsp3) is 0.800. The van der Waals surface area contributed by atoms with Crippen molar-refractivity contribution in [2.75, 3.05) is 7.11 Å². The van der Waals surface area contributed by atoms with E-state index in [1.54, 1.807) is 20.8 Å². The molecule has 0 aromatic heterocycles. The summed E-state index contributed by atoms with van der Waals surface area (Å²) in [5.41, 5.74) is -1.61. The third-order valence-corrected chi connectivity index (χ3v) is 2.82.